The second-order valence-corrected chi connectivity index (χ2v) is 5.33. The van der Waals surface area contributed by atoms with Gasteiger partial charge in [0.05, 0.1) is 5.56 Å². The van der Waals surface area contributed by atoms with Crippen LogP contribution >= 0.6 is 15.9 Å². The lowest BCUT2D eigenvalue weighted by atomic mass is 10.1. The van der Waals surface area contributed by atoms with Crippen LogP contribution < -0.4 is 0 Å². The van der Waals surface area contributed by atoms with Crippen molar-refractivity contribution in [1.82, 2.24) is 5.06 Å². The highest BCUT2D eigenvalue weighted by Gasteiger charge is 2.16. The third-order valence-corrected chi connectivity index (χ3v) is 3.42. The van der Waals surface area contributed by atoms with Gasteiger partial charge in [0.25, 0.3) is 5.91 Å². The topological polar surface area (TPSA) is 46.6 Å². The van der Waals surface area contributed by atoms with E-state index in [4.69, 9.17) is 4.84 Å². The lowest BCUT2D eigenvalue weighted by Gasteiger charge is -2.17. The molecule has 0 aromatic heterocycles. The van der Waals surface area contributed by atoms with Crippen LogP contribution in [0.15, 0.2) is 53.0 Å². The Labute approximate surface area is 131 Å². The maximum absolute atomic E-state index is 12.3. The first kappa shape index (κ1) is 15.4. The van der Waals surface area contributed by atoms with E-state index < -0.39 is 0 Å². The number of amides is 1. The van der Waals surface area contributed by atoms with E-state index in [9.17, 15) is 9.59 Å². The second-order valence-electron chi connectivity index (χ2n) is 4.41. The molecule has 0 aliphatic heterocycles. The van der Waals surface area contributed by atoms with Crippen LogP contribution in [-0.2, 0) is 11.4 Å². The minimum absolute atomic E-state index is 0.288. The van der Waals surface area contributed by atoms with Crippen molar-refractivity contribution in [1.29, 1.82) is 0 Å². The Balaban J connectivity index is 2.07. The highest BCUT2D eigenvalue weighted by molar-refractivity contribution is 9.10. The van der Waals surface area contributed by atoms with E-state index in [1.807, 2.05) is 30.3 Å². The third kappa shape index (κ3) is 4.00. The average molecular weight is 348 g/mol. The van der Waals surface area contributed by atoms with Crippen molar-refractivity contribution >= 4 is 28.1 Å². The zero-order valence-corrected chi connectivity index (χ0v) is 13.0. The van der Waals surface area contributed by atoms with Crippen LogP contribution in [0.4, 0.5) is 0 Å². The van der Waals surface area contributed by atoms with E-state index in [0.29, 0.717) is 17.4 Å². The van der Waals surface area contributed by atoms with E-state index in [1.165, 1.54) is 7.05 Å². The van der Waals surface area contributed by atoms with Gasteiger partial charge in [0.2, 0.25) is 0 Å². The molecule has 0 bridgehead atoms. The minimum atomic E-state index is -0.361. The predicted molar refractivity (Wildman–Crippen MR) is 82.9 cm³/mol. The Bertz CT molecular complexity index is 643. The highest BCUT2D eigenvalue weighted by atomic mass is 79.9. The average Bonchev–Trinajstić information content (AvgIpc) is 2.52. The number of carbonyl (C=O) groups is 2. The molecule has 0 spiro atoms. The van der Waals surface area contributed by atoms with Gasteiger partial charge in [-0.15, -0.1) is 0 Å². The van der Waals surface area contributed by atoms with E-state index in [-0.39, 0.29) is 12.5 Å². The van der Waals surface area contributed by atoms with Crippen LogP contribution in [0.5, 0.6) is 0 Å². The fourth-order valence-corrected chi connectivity index (χ4v) is 2.18. The molecule has 0 aliphatic rings. The van der Waals surface area contributed by atoms with Crippen molar-refractivity contribution in [3.8, 4) is 0 Å². The highest BCUT2D eigenvalue weighted by Crippen LogP contribution is 2.17. The molecule has 0 N–H and O–H groups in total. The van der Waals surface area contributed by atoms with E-state index in [1.54, 1.807) is 18.2 Å². The zero-order chi connectivity index (χ0) is 15.2. The van der Waals surface area contributed by atoms with Gasteiger partial charge in [0.15, 0.2) is 6.29 Å². The van der Waals surface area contributed by atoms with Crippen LogP contribution in [0, 0.1) is 0 Å². The number of hydrogen-bond donors (Lipinski definition) is 0. The van der Waals surface area contributed by atoms with Gasteiger partial charge in [-0.3, -0.25) is 14.4 Å². The molecule has 0 saturated carbocycles. The summed E-state index contributed by atoms with van der Waals surface area (Å²) < 4.78 is 0.744. The number of nitrogens with zero attached hydrogens (tertiary/aromatic N) is 1. The molecule has 0 fully saturated rings. The van der Waals surface area contributed by atoms with Crippen molar-refractivity contribution in [3.63, 3.8) is 0 Å². The first-order valence-corrected chi connectivity index (χ1v) is 7.10. The molecule has 4 nitrogen and oxygen atoms in total. The summed E-state index contributed by atoms with van der Waals surface area (Å²) in [7, 11) is 1.53. The summed E-state index contributed by atoms with van der Waals surface area (Å²) >= 11 is 3.27. The van der Waals surface area contributed by atoms with Crippen LogP contribution in [0.1, 0.15) is 26.3 Å². The Hall–Kier alpha value is -1.98. The Kier molecular flexibility index (Phi) is 5.25. The third-order valence-electron chi connectivity index (χ3n) is 2.92. The minimum Gasteiger partial charge on any atom is -0.298 e. The molecule has 2 rings (SSSR count). The molecule has 0 heterocycles. The van der Waals surface area contributed by atoms with E-state index in [0.717, 1.165) is 15.1 Å². The molecule has 21 heavy (non-hydrogen) atoms. The van der Waals surface area contributed by atoms with Gasteiger partial charge in [0.1, 0.15) is 6.61 Å². The Morgan fingerprint density at radius 1 is 1.24 bits per heavy atom. The fourth-order valence-electron chi connectivity index (χ4n) is 1.80. The van der Waals surface area contributed by atoms with Crippen molar-refractivity contribution in [2.45, 2.75) is 6.61 Å². The SMILES string of the molecule is CN(OCc1ccccc1)C(=O)c1ccc(Br)cc1C=O. The first-order valence-electron chi connectivity index (χ1n) is 6.31. The summed E-state index contributed by atoms with van der Waals surface area (Å²) in [6, 6.07) is 14.5. The predicted octanol–water partition coefficient (Wildman–Crippen LogP) is 3.47. The Morgan fingerprint density at radius 2 is 1.95 bits per heavy atom. The maximum Gasteiger partial charge on any atom is 0.277 e. The molecule has 2 aromatic carbocycles. The molecule has 0 atom stereocenters. The van der Waals surface area contributed by atoms with Crippen molar-refractivity contribution < 1.29 is 14.4 Å². The normalized spacial score (nSPS) is 10.2. The van der Waals surface area contributed by atoms with Crippen molar-refractivity contribution in [2.75, 3.05) is 7.05 Å². The van der Waals surface area contributed by atoms with E-state index >= 15 is 0 Å². The van der Waals surface area contributed by atoms with Crippen LogP contribution in [0.2, 0.25) is 0 Å². The summed E-state index contributed by atoms with van der Waals surface area (Å²) in [5.74, 6) is -0.361. The number of rotatable bonds is 5. The van der Waals surface area contributed by atoms with Crippen LogP contribution in [-0.4, -0.2) is 24.3 Å². The summed E-state index contributed by atoms with van der Waals surface area (Å²) in [4.78, 5) is 28.8. The molecule has 108 valence electrons. The second kappa shape index (κ2) is 7.15. The number of carbonyl (C=O) groups excluding carboxylic acids is 2. The van der Waals surface area contributed by atoms with Gasteiger partial charge in [-0.25, -0.2) is 5.06 Å². The molecule has 0 radical (unpaired) electrons. The number of halogens is 1. The standard InChI is InChI=1S/C16H14BrNO3/c1-18(21-11-12-5-3-2-4-6-12)16(20)15-8-7-14(17)9-13(15)10-19/h2-10H,11H2,1H3. The quantitative estimate of drug-likeness (QED) is 0.614. The Morgan fingerprint density at radius 3 is 2.62 bits per heavy atom. The lowest BCUT2D eigenvalue weighted by Crippen LogP contribution is -2.27. The molecule has 2 aromatic rings. The monoisotopic (exact) mass is 347 g/mol. The van der Waals surface area contributed by atoms with Gasteiger partial charge in [-0.05, 0) is 23.8 Å². The summed E-state index contributed by atoms with van der Waals surface area (Å²) in [5, 5.41) is 1.14. The van der Waals surface area contributed by atoms with E-state index in [2.05, 4.69) is 15.9 Å². The summed E-state index contributed by atoms with van der Waals surface area (Å²) in [5.41, 5.74) is 1.59. The number of hydroxylamine groups is 2. The molecule has 5 heteroatoms. The largest absolute Gasteiger partial charge is 0.298 e. The maximum atomic E-state index is 12.3. The summed E-state index contributed by atoms with van der Waals surface area (Å²) in [6.45, 7) is 0.288. The number of benzene rings is 2. The molecule has 0 saturated heterocycles. The smallest absolute Gasteiger partial charge is 0.277 e. The van der Waals surface area contributed by atoms with Gasteiger partial charge in [-0.2, -0.15) is 0 Å². The fraction of sp³-hybridized carbons (Fsp3) is 0.125. The number of aldehydes is 1. The lowest BCUT2D eigenvalue weighted by molar-refractivity contribution is -0.116. The molecular formula is C16H14BrNO3. The zero-order valence-electron chi connectivity index (χ0n) is 11.5. The van der Waals surface area contributed by atoms with Crippen LogP contribution in [0.3, 0.4) is 0 Å². The van der Waals surface area contributed by atoms with Gasteiger partial charge in [-0.1, -0.05) is 46.3 Å². The first-order chi connectivity index (χ1) is 10.1. The van der Waals surface area contributed by atoms with Gasteiger partial charge in [0, 0.05) is 17.1 Å². The molecule has 1 amide bonds. The summed E-state index contributed by atoms with van der Waals surface area (Å²) in [6.07, 6.45) is 0.656. The van der Waals surface area contributed by atoms with Crippen molar-refractivity contribution in [3.05, 3.63) is 69.7 Å². The molecule has 0 aliphatic carbocycles. The van der Waals surface area contributed by atoms with Crippen molar-refractivity contribution in [2.24, 2.45) is 0 Å². The number of hydrogen-bond acceptors (Lipinski definition) is 3. The van der Waals surface area contributed by atoms with Crippen LogP contribution in [0.25, 0.3) is 0 Å². The van der Waals surface area contributed by atoms with Gasteiger partial charge >= 0.3 is 0 Å². The molecule has 0 unspecified atom stereocenters. The molecular weight excluding hydrogens is 334 g/mol. The van der Waals surface area contributed by atoms with Gasteiger partial charge < -0.3 is 0 Å².